The van der Waals surface area contributed by atoms with E-state index < -0.39 is 5.91 Å². The maximum Gasteiger partial charge on any atom is 0.247 e. The SMILES string of the molecule is CC(C)NC(=O)CN(CC(=O)NC(C)C)C(=O)/C=C/c1ccco1. The van der Waals surface area contributed by atoms with Gasteiger partial charge in [0.05, 0.1) is 6.26 Å². The van der Waals surface area contributed by atoms with Crippen molar-refractivity contribution < 1.29 is 18.8 Å². The van der Waals surface area contributed by atoms with Crippen LogP contribution in [0.5, 0.6) is 0 Å². The summed E-state index contributed by atoms with van der Waals surface area (Å²) in [6.45, 7) is 6.92. The first-order valence-corrected chi connectivity index (χ1v) is 7.87. The lowest BCUT2D eigenvalue weighted by Gasteiger charge is -2.21. The normalized spacial score (nSPS) is 11.1. The van der Waals surface area contributed by atoms with Crippen LogP contribution in [0.15, 0.2) is 28.9 Å². The van der Waals surface area contributed by atoms with Crippen LogP contribution in [-0.2, 0) is 14.4 Å². The van der Waals surface area contributed by atoms with Crippen molar-refractivity contribution >= 4 is 23.8 Å². The van der Waals surface area contributed by atoms with Gasteiger partial charge in [0.2, 0.25) is 17.7 Å². The summed E-state index contributed by atoms with van der Waals surface area (Å²) in [5.74, 6) is -0.560. The first kappa shape index (κ1) is 19.5. The second-order valence-electron chi connectivity index (χ2n) is 5.99. The summed E-state index contributed by atoms with van der Waals surface area (Å²) in [6, 6.07) is 3.31. The molecular weight excluding hydrogens is 310 g/mol. The lowest BCUT2D eigenvalue weighted by atomic mass is 10.3. The molecule has 7 heteroatoms. The number of nitrogens with one attached hydrogen (secondary N) is 2. The molecule has 1 aromatic rings. The van der Waals surface area contributed by atoms with E-state index in [9.17, 15) is 14.4 Å². The second-order valence-corrected chi connectivity index (χ2v) is 5.99. The van der Waals surface area contributed by atoms with Crippen LogP contribution < -0.4 is 10.6 Å². The number of furan rings is 1. The Morgan fingerprint density at radius 3 is 2.04 bits per heavy atom. The number of hydrogen-bond donors (Lipinski definition) is 2. The Balaban J connectivity index is 2.76. The third-order valence-electron chi connectivity index (χ3n) is 2.81. The highest BCUT2D eigenvalue weighted by Gasteiger charge is 2.19. The number of amides is 3. The highest BCUT2D eigenvalue weighted by Crippen LogP contribution is 2.03. The molecule has 24 heavy (non-hydrogen) atoms. The minimum Gasteiger partial charge on any atom is -0.465 e. The predicted molar refractivity (Wildman–Crippen MR) is 90.9 cm³/mol. The molecule has 1 heterocycles. The Bertz CT molecular complexity index is 553. The predicted octanol–water partition coefficient (Wildman–Crippen LogP) is 1.17. The largest absolute Gasteiger partial charge is 0.465 e. The van der Waals surface area contributed by atoms with Crippen LogP contribution in [0, 0.1) is 0 Å². The van der Waals surface area contributed by atoms with E-state index in [4.69, 9.17) is 4.42 Å². The lowest BCUT2D eigenvalue weighted by Crippen LogP contribution is -2.47. The van der Waals surface area contributed by atoms with Crippen molar-refractivity contribution in [2.45, 2.75) is 39.8 Å². The summed E-state index contributed by atoms with van der Waals surface area (Å²) in [7, 11) is 0. The van der Waals surface area contributed by atoms with Gasteiger partial charge in [-0.05, 0) is 45.9 Å². The van der Waals surface area contributed by atoms with Crippen molar-refractivity contribution in [2.24, 2.45) is 0 Å². The van der Waals surface area contributed by atoms with Crippen LogP contribution in [0.25, 0.3) is 6.08 Å². The lowest BCUT2D eigenvalue weighted by molar-refractivity contribution is -0.136. The Morgan fingerprint density at radius 1 is 1.08 bits per heavy atom. The third-order valence-corrected chi connectivity index (χ3v) is 2.81. The zero-order chi connectivity index (χ0) is 18.1. The van der Waals surface area contributed by atoms with Gasteiger partial charge in [-0.1, -0.05) is 0 Å². The Hall–Kier alpha value is -2.57. The Kier molecular flexibility index (Phi) is 7.74. The molecule has 0 spiro atoms. The molecule has 0 bridgehead atoms. The van der Waals surface area contributed by atoms with Crippen LogP contribution in [0.1, 0.15) is 33.5 Å². The monoisotopic (exact) mass is 335 g/mol. The molecule has 0 fully saturated rings. The zero-order valence-corrected chi connectivity index (χ0v) is 14.5. The van der Waals surface area contributed by atoms with Gasteiger partial charge < -0.3 is 20.0 Å². The summed E-state index contributed by atoms with van der Waals surface area (Å²) < 4.78 is 5.11. The molecular formula is C17H25N3O4. The van der Waals surface area contributed by atoms with Crippen molar-refractivity contribution in [3.63, 3.8) is 0 Å². The van der Waals surface area contributed by atoms with Crippen molar-refractivity contribution in [1.29, 1.82) is 0 Å². The van der Waals surface area contributed by atoms with Crippen LogP contribution in [0.2, 0.25) is 0 Å². The molecule has 0 saturated heterocycles. The van der Waals surface area contributed by atoms with Gasteiger partial charge in [-0.2, -0.15) is 0 Å². The quantitative estimate of drug-likeness (QED) is 0.698. The molecule has 1 rings (SSSR count). The van der Waals surface area contributed by atoms with Gasteiger partial charge in [-0.3, -0.25) is 14.4 Å². The number of carbonyl (C=O) groups excluding carboxylic acids is 3. The average molecular weight is 335 g/mol. The average Bonchev–Trinajstić information content (AvgIpc) is 2.95. The molecule has 3 amide bonds. The summed E-state index contributed by atoms with van der Waals surface area (Å²) in [5.41, 5.74) is 0. The molecule has 0 aromatic carbocycles. The van der Waals surface area contributed by atoms with Crippen LogP contribution in [0.4, 0.5) is 0 Å². The highest BCUT2D eigenvalue weighted by molar-refractivity contribution is 5.96. The first-order chi connectivity index (χ1) is 11.3. The third kappa shape index (κ3) is 7.62. The topological polar surface area (TPSA) is 91.7 Å². The van der Waals surface area contributed by atoms with E-state index in [0.29, 0.717) is 5.76 Å². The molecule has 1 aromatic heterocycles. The summed E-state index contributed by atoms with van der Waals surface area (Å²) in [4.78, 5) is 37.4. The Morgan fingerprint density at radius 2 is 1.62 bits per heavy atom. The highest BCUT2D eigenvalue weighted by atomic mass is 16.3. The van der Waals surface area contributed by atoms with E-state index >= 15 is 0 Å². The molecule has 2 N–H and O–H groups in total. The molecule has 0 radical (unpaired) electrons. The smallest absolute Gasteiger partial charge is 0.247 e. The van der Waals surface area contributed by atoms with Crippen molar-refractivity contribution in [3.05, 3.63) is 30.2 Å². The van der Waals surface area contributed by atoms with Gasteiger partial charge in [0, 0.05) is 18.2 Å². The standard InChI is InChI=1S/C17H25N3O4/c1-12(2)18-15(21)10-20(11-16(22)19-13(3)4)17(23)8-7-14-6-5-9-24-14/h5-9,12-13H,10-11H2,1-4H3,(H,18,21)(H,19,22)/b8-7+. The molecule has 132 valence electrons. The van der Waals surface area contributed by atoms with E-state index in [1.54, 1.807) is 12.1 Å². The van der Waals surface area contributed by atoms with Crippen molar-refractivity contribution in [2.75, 3.05) is 13.1 Å². The van der Waals surface area contributed by atoms with Crippen molar-refractivity contribution in [1.82, 2.24) is 15.5 Å². The van der Waals surface area contributed by atoms with E-state index in [2.05, 4.69) is 10.6 Å². The van der Waals surface area contributed by atoms with Gasteiger partial charge in [-0.25, -0.2) is 0 Å². The van der Waals surface area contributed by atoms with Crippen molar-refractivity contribution in [3.8, 4) is 0 Å². The number of rotatable bonds is 8. The maximum atomic E-state index is 12.3. The summed E-state index contributed by atoms with van der Waals surface area (Å²) in [5, 5.41) is 5.41. The summed E-state index contributed by atoms with van der Waals surface area (Å²) in [6.07, 6.45) is 4.27. The minimum atomic E-state index is -0.441. The van der Waals surface area contributed by atoms with E-state index in [-0.39, 0.29) is 37.0 Å². The first-order valence-electron chi connectivity index (χ1n) is 7.87. The minimum absolute atomic E-state index is 0.0439. The van der Waals surface area contributed by atoms with Gasteiger partial charge in [0.1, 0.15) is 18.8 Å². The molecule has 0 unspecified atom stereocenters. The van der Waals surface area contributed by atoms with E-state index in [0.717, 1.165) is 0 Å². The fourth-order valence-electron chi connectivity index (χ4n) is 1.94. The second kappa shape index (κ2) is 9.54. The summed E-state index contributed by atoms with van der Waals surface area (Å²) >= 11 is 0. The molecule has 0 aliphatic rings. The fraction of sp³-hybridized carbons (Fsp3) is 0.471. The number of hydrogen-bond acceptors (Lipinski definition) is 4. The Labute approximate surface area is 142 Å². The molecule has 0 aliphatic heterocycles. The van der Waals surface area contributed by atoms with Gasteiger partial charge in [0.25, 0.3) is 0 Å². The number of nitrogens with zero attached hydrogens (tertiary/aromatic N) is 1. The van der Waals surface area contributed by atoms with Crippen LogP contribution in [-0.4, -0.2) is 47.8 Å². The van der Waals surface area contributed by atoms with Crippen LogP contribution in [0.3, 0.4) is 0 Å². The van der Waals surface area contributed by atoms with Crippen LogP contribution >= 0.6 is 0 Å². The maximum absolute atomic E-state index is 12.3. The zero-order valence-electron chi connectivity index (χ0n) is 14.5. The molecule has 0 saturated carbocycles. The fourth-order valence-corrected chi connectivity index (χ4v) is 1.94. The van der Waals surface area contributed by atoms with E-state index in [1.165, 1.54) is 23.3 Å². The molecule has 0 atom stereocenters. The molecule has 7 nitrogen and oxygen atoms in total. The van der Waals surface area contributed by atoms with Gasteiger partial charge >= 0.3 is 0 Å². The van der Waals surface area contributed by atoms with E-state index in [1.807, 2.05) is 27.7 Å². The number of carbonyl (C=O) groups is 3. The van der Waals surface area contributed by atoms with Gasteiger partial charge in [0.15, 0.2) is 0 Å². The van der Waals surface area contributed by atoms with Gasteiger partial charge in [-0.15, -0.1) is 0 Å². The molecule has 0 aliphatic carbocycles.